The molecule has 3 rings (SSSR count). The second-order valence-electron chi connectivity index (χ2n) is 5.53. The number of rotatable bonds is 3. The van der Waals surface area contributed by atoms with Crippen LogP contribution in [0, 0.1) is 11.3 Å². The first-order valence-corrected chi connectivity index (χ1v) is 7.12. The molecule has 1 aromatic carbocycles. The molecule has 0 N–H and O–H groups in total. The van der Waals surface area contributed by atoms with Crippen LogP contribution >= 0.6 is 0 Å². The van der Waals surface area contributed by atoms with Gasteiger partial charge in [-0.3, -0.25) is 4.90 Å². The molecule has 18 heavy (non-hydrogen) atoms. The van der Waals surface area contributed by atoms with E-state index in [0.29, 0.717) is 0 Å². The van der Waals surface area contributed by atoms with Crippen molar-refractivity contribution in [1.82, 2.24) is 4.90 Å². The second-order valence-corrected chi connectivity index (χ2v) is 5.53. The fourth-order valence-corrected chi connectivity index (χ4v) is 3.05. The zero-order chi connectivity index (χ0) is 12.4. The third-order valence-corrected chi connectivity index (χ3v) is 4.19. The first-order chi connectivity index (χ1) is 8.90. The van der Waals surface area contributed by atoms with Crippen molar-refractivity contribution in [2.75, 3.05) is 13.1 Å². The summed E-state index contributed by atoms with van der Waals surface area (Å²) >= 11 is 0. The molecule has 1 saturated carbocycles. The van der Waals surface area contributed by atoms with Crippen LogP contribution in [0.1, 0.15) is 55.2 Å². The van der Waals surface area contributed by atoms with E-state index < -0.39 is 0 Å². The molecule has 0 spiro atoms. The molecule has 1 unspecified atom stereocenters. The number of piperidine rings is 1. The van der Waals surface area contributed by atoms with Crippen LogP contribution in [0.25, 0.3) is 0 Å². The highest BCUT2D eigenvalue weighted by Crippen LogP contribution is 2.43. The van der Waals surface area contributed by atoms with Crippen LogP contribution in [0.15, 0.2) is 24.3 Å². The molecule has 0 aromatic heterocycles. The average Bonchev–Trinajstić information content (AvgIpc) is 3.26. The number of hydrogen-bond donors (Lipinski definition) is 0. The Balaban J connectivity index is 1.88. The van der Waals surface area contributed by atoms with Gasteiger partial charge in [0, 0.05) is 0 Å². The van der Waals surface area contributed by atoms with E-state index in [0.717, 1.165) is 19.0 Å². The summed E-state index contributed by atoms with van der Waals surface area (Å²) in [7, 11) is 0. The van der Waals surface area contributed by atoms with Crippen molar-refractivity contribution in [2.45, 2.75) is 44.1 Å². The van der Waals surface area contributed by atoms with Gasteiger partial charge < -0.3 is 0 Å². The lowest BCUT2D eigenvalue weighted by Gasteiger charge is -2.31. The fourth-order valence-electron chi connectivity index (χ4n) is 3.05. The third-order valence-electron chi connectivity index (χ3n) is 4.19. The lowest BCUT2D eigenvalue weighted by atomic mass is 9.95. The number of nitrogens with zero attached hydrogens (tertiary/aromatic N) is 2. The highest BCUT2D eigenvalue weighted by atomic mass is 15.2. The van der Waals surface area contributed by atoms with Gasteiger partial charge in [0.05, 0.1) is 6.07 Å². The molecule has 0 radical (unpaired) electrons. The van der Waals surface area contributed by atoms with Crippen molar-refractivity contribution in [2.24, 2.45) is 0 Å². The van der Waals surface area contributed by atoms with E-state index in [2.05, 4.69) is 35.2 Å². The topological polar surface area (TPSA) is 27.0 Å². The minimum Gasteiger partial charge on any atom is -0.284 e. The molecule has 2 fully saturated rings. The molecule has 1 heterocycles. The highest BCUT2D eigenvalue weighted by molar-refractivity contribution is 5.38. The van der Waals surface area contributed by atoms with Gasteiger partial charge in [0.25, 0.3) is 0 Å². The Morgan fingerprint density at radius 3 is 2.50 bits per heavy atom. The molecule has 0 amide bonds. The number of benzene rings is 1. The van der Waals surface area contributed by atoms with Crippen molar-refractivity contribution >= 4 is 0 Å². The molecule has 94 valence electrons. The van der Waals surface area contributed by atoms with Gasteiger partial charge in [-0.1, -0.05) is 30.7 Å². The monoisotopic (exact) mass is 240 g/mol. The molecule has 1 aliphatic carbocycles. The molecular weight excluding hydrogens is 220 g/mol. The van der Waals surface area contributed by atoms with Gasteiger partial charge >= 0.3 is 0 Å². The summed E-state index contributed by atoms with van der Waals surface area (Å²) in [6.45, 7) is 2.16. The quantitative estimate of drug-likeness (QED) is 0.807. The van der Waals surface area contributed by atoms with Crippen LogP contribution in [-0.4, -0.2) is 18.0 Å². The Kier molecular flexibility index (Phi) is 3.34. The van der Waals surface area contributed by atoms with Crippen molar-refractivity contribution in [3.63, 3.8) is 0 Å². The Morgan fingerprint density at radius 2 is 1.83 bits per heavy atom. The van der Waals surface area contributed by atoms with Crippen LogP contribution in [0.2, 0.25) is 0 Å². The molecule has 2 nitrogen and oxygen atoms in total. The normalized spacial score (nSPS) is 22.4. The van der Waals surface area contributed by atoms with E-state index in [4.69, 9.17) is 0 Å². The Hall–Kier alpha value is -1.33. The first-order valence-electron chi connectivity index (χ1n) is 7.12. The maximum Gasteiger partial charge on any atom is 0.124 e. The SMILES string of the molecule is N#CC(c1ccccc1C1CC1)N1CCCCC1. The van der Waals surface area contributed by atoms with E-state index in [1.165, 1.54) is 43.2 Å². The average molecular weight is 240 g/mol. The van der Waals surface area contributed by atoms with Crippen molar-refractivity contribution in [3.05, 3.63) is 35.4 Å². The van der Waals surface area contributed by atoms with E-state index in [1.54, 1.807) is 0 Å². The van der Waals surface area contributed by atoms with Gasteiger partial charge in [0.2, 0.25) is 0 Å². The van der Waals surface area contributed by atoms with Crippen LogP contribution in [0.4, 0.5) is 0 Å². The van der Waals surface area contributed by atoms with Crippen molar-refractivity contribution in [1.29, 1.82) is 5.26 Å². The maximum absolute atomic E-state index is 9.57. The van der Waals surface area contributed by atoms with Gasteiger partial charge in [-0.15, -0.1) is 0 Å². The van der Waals surface area contributed by atoms with E-state index in [-0.39, 0.29) is 6.04 Å². The minimum atomic E-state index is -0.0258. The Morgan fingerprint density at radius 1 is 1.11 bits per heavy atom. The molecule has 1 aromatic rings. The van der Waals surface area contributed by atoms with Crippen LogP contribution in [0.3, 0.4) is 0 Å². The molecule has 1 atom stereocenters. The largest absolute Gasteiger partial charge is 0.284 e. The summed E-state index contributed by atoms with van der Waals surface area (Å²) in [6.07, 6.45) is 6.40. The summed E-state index contributed by atoms with van der Waals surface area (Å²) in [5.74, 6) is 0.724. The lowest BCUT2D eigenvalue weighted by Crippen LogP contribution is -2.33. The third kappa shape index (κ3) is 2.28. The summed E-state index contributed by atoms with van der Waals surface area (Å²) in [5.41, 5.74) is 2.69. The van der Waals surface area contributed by atoms with Crippen molar-refractivity contribution in [3.8, 4) is 6.07 Å². The van der Waals surface area contributed by atoms with Crippen LogP contribution in [0.5, 0.6) is 0 Å². The Bertz CT molecular complexity index is 450. The van der Waals surface area contributed by atoms with Gasteiger partial charge in [-0.05, 0) is 55.8 Å². The van der Waals surface area contributed by atoms with Crippen LogP contribution < -0.4 is 0 Å². The summed E-state index contributed by atoms with van der Waals surface area (Å²) in [5, 5.41) is 9.57. The van der Waals surface area contributed by atoms with Gasteiger partial charge in [0.1, 0.15) is 6.04 Å². The summed E-state index contributed by atoms with van der Waals surface area (Å²) < 4.78 is 0. The summed E-state index contributed by atoms with van der Waals surface area (Å²) in [6, 6.07) is 11.1. The predicted molar refractivity (Wildman–Crippen MR) is 72.2 cm³/mol. The molecule has 1 aliphatic heterocycles. The van der Waals surface area contributed by atoms with E-state index >= 15 is 0 Å². The number of likely N-dealkylation sites (tertiary alicyclic amines) is 1. The zero-order valence-electron chi connectivity index (χ0n) is 10.8. The molecule has 2 heteroatoms. The smallest absolute Gasteiger partial charge is 0.124 e. The lowest BCUT2D eigenvalue weighted by molar-refractivity contribution is 0.195. The van der Waals surface area contributed by atoms with Gasteiger partial charge in [-0.25, -0.2) is 0 Å². The van der Waals surface area contributed by atoms with Crippen molar-refractivity contribution < 1.29 is 0 Å². The maximum atomic E-state index is 9.57. The fraction of sp³-hybridized carbons (Fsp3) is 0.562. The van der Waals surface area contributed by atoms with E-state index in [1.807, 2.05) is 0 Å². The molecule has 1 saturated heterocycles. The molecular formula is C16H20N2. The predicted octanol–water partition coefficient (Wildman–Crippen LogP) is 3.61. The van der Waals surface area contributed by atoms with Gasteiger partial charge in [-0.2, -0.15) is 5.26 Å². The summed E-state index contributed by atoms with van der Waals surface area (Å²) in [4.78, 5) is 2.37. The van der Waals surface area contributed by atoms with Gasteiger partial charge in [0.15, 0.2) is 0 Å². The standard InChI is InChI=1S/C16H20N2/c17-12-16(18-10-4-1-5-11-18)15-7-3-2-6-14(15)13-8-9-13/h2-3,6-7,13,16H,1,4-5,8-11H2. The van der Waals surface area contributed by atoms with Crippen LogP contribution in [-0.2, 0) is 0 Å². The Labute approximate surface area is 109 Å². The number of hydrogen-bond acceptors (Lipinski definition) is 2. The number of nitriles is 1. The zero-order valence-corrected chi connectivity index (χ0v) is 10.8. The minimum absolute atomic E-state index is 0.0258. The molecule has 2 aliphatic rings. The molecule has 0 bridgehead atoms. The highest BCUT2D eigenvalue weighted by Gasteiger charge is 2.30. The first kappa shape index (κ1) is 11.7. The van der Waals surface area contributed by atoms with E-state index in [9.17, 15) is 5.26 Å². The second kappa shape index (κ2) is 5.12.